The molecule has 0 saturated heterocycles. The molecular formula is C21H40O3. The Kier molecular flexibility index (Phi) is 17.8. The molecule has 0 aliphatic rings. The fourth-order valence-electron chi connectivity index (χ4n) is 3.06. The first-order valence-corrected chi connectivity index (χ1v) is 10.4. The van der Waals surface area contributed by atoms with Crippen molar-refractivity contribution in [2.24, 2.45) is 0 Å². The normalized spacial score (nSPS) is 10.9. The van der Waals surface area contributed by atoms with Crippen LogP contribution in [0.5, 0.6) is 0 Å². The van der Waals surface area contributed by atoms with E-state index < -0.39 is 5.97 Å². The summed E-state index contributed by atoms with van der Waals surface area (Å²) in [4.78, 5) is 22.2. The first-order valence-electron chi connectivity index (χ1n) is 10.4. The SMILES string of the molecule is CCCCCCCCCC(=O)CCCCCCCCCCC(=O)O. The molecule has 0 bridgehead atoms. The van der Waals surface area contributed by atoms with Gasteiger partial charge in [-0.1, -0.05) is 84.0 Å². The van der Waals surface area contributed by atoms with E-state index in [1.54, 1.807) is 0 Å². The maximum Gasteiger partial charge on any atom is 0.303 e. The van der Waals surface area contributed by atoms with E-state index in [0.717, 1.165) is 51.4 Å². The largest absolute Gasteiger partial charge is 0.481 e. The van der Waals surface area contributed by atoms with E-state index in [1.807, 2.05) is 0 Å². The maximum atomic E-state index is 11.8. The van der Waals surface area contributed by atoms with E-state index in [4.69, 9.17) is 5.11 Å². The molecule has 0 atom stereocenters. The van der Waals surface area contributed by atoms with Crippen LogP contribution in [0, 0.1) is 0 Å². The van der Waals surface area contributed by atoms with Crippen LogP contribution in [-0.2, 0) is 9.59 Å². The van der Waals surface area contributed by atoms with Gasteiger partial charge in [-0.25, -0.2) is 0 Å². The lowest BCUT2D eigenvalue weighted by atomic mass is 10.0. The minimum atomic E-state index is -0.684. The van der Waals surface area contributed by atoms with Crippen molar-refractivity contribution in [2.75, 3.05) is 0 Å². The molecule has 0 heterocycles. The second kappa shape index (κ2) is 18.5. The average molecular weight is 341 g/mol. The number of ketones is 1. The number of carboxylic acid groups (broad SMARTS) is 1. The Bertz CT molecular complexity index is 299. The molecule has 0 rings (SSSR count). The number of rotatable bonds is 19. The van der Waals surface area contributed by atoms with Crippen LogP contribution in [0.4, 0.5) is 0 Å². The average Bonchev–Trinajstić information content (AvgIpc) is 2.55. The summed E-state index contributed by atoms with van der Waals surface area (Å²) >= 11 is 0. The first kappa shape index (κ1) is 23.1. The van der Waals surface area contributed by atoms with Gasteiger partial charge in [0.15, 0.2) is 0 Å². The zero-order valence-electron chi connectivity index (χ0n) is 16.0. The van der Waals surface area contributed by atoms with E-state index in [-0.39, 0.29) is 0 Å². The molecule has 0 unspecified atom stereocenters. The van der Waals surface area contributed by atoms with Crippen LogP contribution in [0.3, 0.4) is 0 Å². The number of aliphatic carboxylic acids is 1. The Hall–Kier alpha value is -0.860. The molecule has 24 heavy (non-hydrogen) atoms. The van der Waals surface area contributed by atoms with E-state index >= 15 is 0 Å². The summed E-state index contributed by atoms with van der Waals surface area (Å²) in [5, 5.41) is 8.54. The number of Topliss-reactive ketones (excluding diaryl/α,β-unsaturated/α-hetero) is 1. The smallest absolute Gasteiger partial charge is 0.303 e. The maximum absolute atomic E-state index is 11.8. The van der Waals surface area contributed by atoms with E-state index in [2.05, 4.69) is 6.92 Å². The van der Waals surface area contributed by atoms with Crippen LogP contribution in [0.25, 0.3) is 0 Å². The second-order valence-electron chi connectivity index (χ2n) is 7.13. The first-order chi connectivity index (χ1) is 11.7. The van der Waals surface area contributed by atoms with Crippen LogP contribution in [0.1, 0.15) is 122 Å². The monoisotopic (exact) mass is 340 g/mol. The Morgan fingerprint density at radius 1 is 0.542 bits per heavy atom. The second-order valence-corrected chi connectivity index (χ2v) is 7.13. The fourth-order valence-corrected chi connectivity index (χ4v) is 3.06. The number of unbranched alkanes of at least 4 members (excludes halogenated alkanes) is 13. The number of carbonyl (C=O) groups is 2. The molecule has 3 heteroatoms. The summed E-state index contributed by atoms with van der Waals surface area (Å²) in [6.07, 6.45) is 19.6. The third kappa shape index (κ3) is 19.2. The third-order valence-electron chi connectivity index (χ3n) is 4.66. The molecule has 0 spiro atoms. The van der Waals surface area contributed by atoms with Crippen molar-refractivity contribution >= 4 is 11.8 Å². The minimum Gasteiger partial charge on any atom is -0.481 e. The Balaban J connectivity index is 3.16. The number of carboxylic acids is 1. The van der Waals surface area contributed by atoms with Crippen LogP contribution in [0.15, 0.2) is 0 Å². The van der Waals surface area contributed by atoms with E-state index in [1.165, 1.54) is 57.8 Å². The van der Waals surface area contributed by atoms with Crippen molar-refractivity contribution in [2.45, 2.75) is 122 Å². The standard InChI is InChI=1S/C21H40O3/c1-2-3-4-5-8-11-14-17-20(22)18-15-12-9-6-7-10-13-16-19-21(23)24/h2-19H2,1H3,(H,23,24). The summed E-state index contributed by atoms with van der Waals surface area (Å²) in [6.45, 7) is 2.24. The van der Waals surface area contributed by atoms with Gasteiger partial charge >= 0.3 is 5.97 Å². The summed E-state index contributed by atoms with van der Waals surface area (Å²) in [5.74, 6) is -0.228. The summed E-state index contributed by atoms with van der Waals surface area (Å²) in [5.41, 5.74) is 0. The van der Waals surface area contributed by atoms with Crippen molar-refractivity contribution in [3.8, 4) is 0 Å². The Morgan fingerprint density at radius 3 is 1.25 bits per heavy atom. The third-order valence-corrected chi connectivity index (χ3v) is 4.66. The molecule has 0 saturated carbocycles. The van der Waals surface area contributed by atoms with Crippen LogP contribution in [-0.4, -0.2) is 16.9 Å². The highest BCUT2D eigenvalue weighted by molar-refractivity contribution is 5.78. The molecule has 1 N–H and O–H groups in total. The van der Waals surface area contributed by atoms with Gasteiger partial charge in [0.05, 0.1) is 0 Å². The minimum absolute atomic E-state index is 0.306. The van der Waals surface area contributed by atoms with Gasteiger partial charge in [-0.15, -0.1) is 0 Å². The molecule has 0 amide bonds. The lowest BCUT2D eigenvalue weighted by Crippen LogP contribution is -1.97. The quantitative estimate of drug-likeness (QED) is 0.267. The van der Waals surface area contributed by atoms with Crippen LogP contribution in [0.2, 0.25) is 0 Å². The lowest BCUT2D eigenvalue weighted by Gasteiger charge is -2.03. The van der Waals surface area contributed by atoms with Crippen LogP contribution >= 0.6 is 0 Å². The van der Waals surface area contributed by atoms with Gasteiger partial charge in [0, 0.05) is 19.3 Å². The predicted octanol–water partition coefficient (Wildman–Crippen LogP) is 6.68. The molecule has 0 aliphatic carbocycles. The number of hydrogen-bond donors (Lipinski definition) is 1. The molecule has 0 aromatic carbocycles. The molecule has 142 valence electrons. The molecular weight excluding hydrogens is 300 g/mol. The molecule has 0 aliphatic heterocycles. The highest BCUT2D eigenvalue weighted by Crippen LogP contribution is 2.13. The Morgan fingerprint density at radius 2 is 0.875 bits per heavy atom. The summed E-state index contributed by atoms with van der Waals surface area (Å²) < 4.78 is 0. The van der Waals surface area contributed by atoms with Gasteiger partial charge < -0.3 is 5.11 Å². The van der Waals surface area contributed by atoms with Crippen molar-refractivity contribution in [3.05, 3.63) is 0 Å². The van der Waals surface area contributed by atoms with Gasteiger partial charge in [-0.3, -0.25) is 9.59 Å². The fraction of sp³-hybridized carbons (Fsp3) is 0.905. The summed E-state index contributed by atoms with van der Waals surface area (Å²) in [6, 6.07) is 0. The van der Waals surface area contributed by atoms with Crippen molar-refractivity contribution in [3.63, 3.8) is 0 Å². The van der Waals surface area contributed by atoms with Gasteiger partial charge in [0.2, 0.25) is 0 Å². The highest BCUT2D eigenvalue weighted by atomic mass is 16.4. The van der Waals surface area contributed by atoms with E-state index in [9.17, 15) is 9.59 Å². The zero-order valence-corrected chi connectivity index (χ0v) is 16.0. The van der Waals surface area contributed by atoms with Gasteiger partial charge in [-0.05, 0) is 19.3 Å². The van der Waals surface area contributed by atoms with Gasteiger partial charge in [0.25, 0.3) is 0 Å². The Labute approximate surface area is 149 Å². The molecule has 0 aromatic rings. The van der Waals surface area contributed by atoms with Gasteiger partial charge in [-0.2, -0.15) is 0 Å². The molecule has 0 radical (unpaired) electrons. The molecule has 0 fully saturated rings. The van der Waals surface area contributed by atoms with Gasteiger partial charge in [0.1, 0.15) is 5.78 Å². The topological polar surface area (TPSA) is 54.4 Å². The zero-order chi connectivity index (χ0) is 17.9. The number of carbonyl (C=O) groups excluding carboxylic acids is 1. The molecule has 0 aromatic heterocycles. The number of hydrogen-bond acceptors (Lipinski definition) is 2. The van der Waals surface area contributed by atoms with Crippen molar-refractivity contribution < 1.29 is 14.7 Å². The lowest BCUT2D eigenvalue weighted by molar-refractivity contribution is -0.137. The highest BCUT2D eigenvalue weighted by Gasteiger charge is 2.02. The van der Waals surface area contributed by atoms with Crippen LogP contribution < -0.4 is 0 Å². The van der Waals surface area contributed by atoms with Crippen molar-refractivity contribution in [1.82, 2.24) is 0 Å². The predicted molar refractivity (Wildman–Crippen MR) is 101 cm³/mol. The van der Waals surface area contributed by atoms with E-state index in [0.29, 0.717) is 12.2 Å². The summed E-state index contributed by atoms with van der Waals surface area (Å²) in [7, 11) is 0. The molecule has 3 nitrogen and oxygen atoms in total. The van der Waals surface area contributed by atoms with Crippen molar-refractivity contribution in [1.29, 1.82) is 0 Å².